The minimum Gasteiger partial charge on any atom is -0.353 e. The molecule has 0 unspecified atom stereocenters. The van der Waals surface area contributed by atoms with E-state index >= 15 is 0 Å². The number of pyridine rings is 1. The molecule has 2 aromatic rings. The van der Waals surface area contributed by atoms with Crippen molar-refractivity contribution >= 4 is 23.4 Å². The molecule has 1 atom stereocenters. The lowest BCUT2D eigenvalue weighted by Crippen LogP contribution is -2.53. The number of carbonyl (C=O) groups is 1. The van der Waals surface area contributed by atoms with Crippen LogP contribution in [0.3, 0.4) is 0 Å². The largest absolute Gasteiger partial charge is 0.353 e. The number of aryl methyl sites for hydroxylation is 1. The third-order valence-corrected chi connectivity index (χ3v) is 4.47. The Kier molecular flexibility index (Phi) is 5.43. The summed E-state index contributed by atoms with van der Waals surface area (Å²) in [6.45, 7) is 6.82. The SMILES string of the molecule is Cc1cc(C[C@@H](C)NC(=O)N2CCN(c3ccc(Cl)cn3)CC2)n[nH]1. The van der Waals surface area contributed by atoms with Crippen LogP contribution in [-0.2, 0) is 6.42 Å². The van der Waals surface area contributed by atoms with E-state index in [-0.39, 0.29) is 12.1 Å². The molecule has 7 nitrogen and oxygen atoms in total. The summed E-state index contributed by atoms with van der Waals surface area (Å²) in [7, 11) is 0. The van der Waals surface area contributed by atoms with E-state index in [1.54, 1.807) is 6.20 Å². The molecule has 0 bridgehead atoms. The van der Waals surface area contributed by atoms with Crippen LogP contribution in [0.5, 0.6) is 0 Å². The van der Waals surface area contributed by atoms with Crippen LogP contribution in [-0.4, -0.2) is 58.3 Å². The van der Waals surface area contributed by atoms with Crippen LogP contribution >= 0.6 is 11.6 Å². The number of aromatic amines is 1. The second-order valence-corrected chi connectivity index (χ2v) is 6.84. The quantitative estimate of drug-likeness (QED) is 0.874. The van der Waals surface area contributed by atoms with Crippen molar-refractivity contribution in [3.63, 3.8) is 0 Å². The molecule has 0 radical (unpaired) electrons. The highest BCUT2D eigenvalue weighted by molar-refractivity contribution is 6.30. The molecular weight excluding hydrogens is 340 g/mol. The molecule has 25 heavy (non-hydrogen) atoms. The van der Waals surface area contributed by atoms with Crippen molar-refractivity contribution in [3.05, 3.63) is 40.8 Å². The predicted octanol–water partition coefficient (Wildman–Crippen LogP) is 2.23. The number of nitrogens with one attached hydrogen (secondary N) is 2. The number of nitrogens with zero attached hydrogens (tertiary/aromatic N) is 4. The van der Waals surface area contributed by atoms with Gasteiger partial charge in [-0.25, -0.2) is 9.78 Å². The molecule has 1 saturated heterocycles. The molecule has 1 aliphatic heterocycles. The van der Waals surface area contributed by atoms with Gasteiger partial charge in [-0.1, -0.05) is 11.6 Å². The Bertz CT molecular complexity index is 708. The fourth-order valence-electron chi connectivity index (χ4n) is 2.94. The summed E-state index contributed by atoms with van der Waals surface area (Å²) in [4.78, 5) is 20.8. The second-order valence-electron chi connectivity index (χ2n) is 6.41. The molecule has 2 aromatic heterocycles. The van der Waals surface area contributed by atoms with Gasteiger partial charge in [-0.15, -0.1) is 0 Å². The summed E-state index contributed by atoms with van der Waals surface area (Å²) >= 11 is 5.87. The molecule has 0 saturated carbocycles. The van der Waals surface area contributed by atoms with Gasteiger partial charge in [-0.2, -0.15) is 5.10 Å². The van der Waals surface area contributed by atoms with Gasteiger partial charge in [0.2, 0.25) is 0 Å². The van der Waals surface area contributed by atoms with Crippen molar-refractivity contribution in [1.82, 2.24) is 25.4 Å². The lowest BCUT2D eigenvalue weighted by Gasteiger charge is -2.35. The van der Waals surface area contributed by atoms with Gasteiger partial charge in [0.05, 0.1) is 10.7 Å². The van der Waals surface area contributed by atoms with E-state index < -0.39 is 0 Å². The van der Waals surface area contributed by atoms with E-state index in [0.29, 0.717) is 24.5 Å². The molecule has 0 aliphatic carbocycles. The van der Waals surface area contributed by atoms with Crippen molar-refractivity contribution < 1.29 is 4.79 Å². The Hall–Kier alpha value is -2.28. The molecule has 2 N–H and O–H groups in total. The van der Waals surface area contributed by atoms with Crippen molar-refractivity contribution in [2.75, 3.05) is 31.1 Å². The first-order valence-electron chi connectivity index (χ1n) is 8.44. The van der Waals surface area contributed by atoms with Crippen LogP contribution < -0.4 is 10.2 Å². The van der Waals surface area contributed by atoms with Crippen molar-refractivity contribution in [2.45, 2.75) is 26.3 Å². The maximum atomic E-state index is 12.4. The summed E-state index contributed by atoms with van der Waals surface area (Å²) < 4.78 is 0. The summed E-state index contributed by atoms with van der Waals surface area (Å²) in [6.07, 6.45) is 2.36. The highest BCUT2D eigenvalue weighted by Crippen LogP contribution is 2.16. The number of hydrogen-bond donors (Lipinski definition) is 2. The molecule has 3 rings (SSSR count). The molecule has 1 aliphatic rings. The maximum Gasteiger partial charge on any atom is 0.317 e. The van der Waals surface area contributed by atoms with E-state index in [1.807, 2.05) is 36.9 Å². The number of hydrogen-bond acceptors (Lipinski definition) is 4. The van der Waals surface area contributed by atoms with Gasteiger partial charge in [-0.05, 0) is 32.0 Å². The number of aromatic nitrogens is 3. The first-order chi connectivity index (χ1) is 12.0. The number of piperazine rings is 1. The number of halogens is 1. The van der Waals surface area contributed by atoms with Crippen LogP contribution in [0.1, 0.15) is 18.3 Å². The first-order valence-corrected chi connectivity index (χ1v) is 8.82. The van der Waals surface area contributed by atoms with E-state index in [9.17, 15) is 4.79 Å². The van der Waals surface area contributed by atoms with Gasteiger partial charge in [0.25, 0.3) is 0 Å². The van der Waals surface area contributed by atoms with E-state index in [2.05, 4.69) is 25.4 Å². The fraction of sp³-hybridized carbons (Fsp3) is 0.471. The van der Waals surface area contributed by atoms with Gasteiger partial charge < -0.3 is 15.1 Å². The highest BCUT2D eigenvalue weighted by atomic mass is 35.5. The Morgan fingerprint density at radius 2 is 2.12 bits per heavy atom. The molecular formula is C17H23ClN6O. The summed E-state index contributed by atoms with van der Waals surface area (Å²) in [6, 6.07) is 5.75. The second kappa shape index (κ2) is 7.74. The average Bonchev–Trinajstić information content (AvgIpc) is 3.00. The number of carbonyl (C=O) groups excluding carboxylic acids is 1. The lowest BCUT2D eigenvalue weighted by molar-refractivity contribution is 0.191. The summed E-state index contributed by atoms with van der Waals surface area (Å²) in [5.74, 6) is 0.895. The van der Waals surface area contributed by atoms with Crippen LogP contribution in [0.4, 0.5) is 10.6 Å². The van der Waals surface area contributed by atoms with Gasteiger partial charge >= 0.3 is 6.03 Å². The first kappa shape index (κ1) is 17.5. The normalized spacial score (nSPS) is 16.0. The molecule has 0 spiro atoms. The van der Waals surface area contributed by atoms with Crippen molar-refractivity contribution in [3.8, 4) is 0 Å². The fourth-order valence-corrected chi connectivity index (χ4v) is 3.05. The third-order valence-electron chi connectivity index (χ3n) is 4.25. The molecule has 0 aromatic carbocycles. The van der Waals surface area contributed by atoms with Crippen molar-refractivity contribution in [2.24, 2.45) is 0 Å². The third kappa shape index (κ3) is 4.63. The zero-order chi connectivity index (χ0) is 17.8. The molecule has 2 amide bonds. The number of anilines is 1. The molecule has 3 heterocycles. The minimum atomic E-state index is -0.0246. The van der Waals surface area contributed by atoms with E-state index in [1.165, 1.54) is 0 Å². The Morgan fingerprint density at radius 1 is 1.36 bits per heavy atom. The van der Waals surface area contributed by atoms with Gasteiger partial charge in [0.15, 0.2) is 0 Å². The smallest absolute Gasteiger partial charge is 0.317 e. The topological polar surface area (TPSA) is 77.2 Å². The van der Waals surface area contributed by atoms with Gasteiger partial charge in [0.1, 0.15) is 5.82 Å². The van der Waals surface area contributed by atoms with E-state index in [4.69, 9.17) is 11.6 Å². The Morgan fingerprint density at radius 3 is 2.72 bits per heavy atom. The minimum absolute atomic E-state index is 0.0246. The van der Waals surface area contributed by atoms with Crippen LogP contribution in [0.25, 0.3) is 0 Å². The van der Waals surface area contributed by atoms with Crippen LogP contribution in [0.15, 0.2) is 24.4 Å². The molecule has 134 valence electrons. The van der Waals surface area contributed by atoms with Crippen molar-refractivity contribution in [1.29, 1.82) is 0 Å². The zero-order valence-electron chi connectivity index (χ0n) is 14.5. The number of H-pyrrole nitrogens is 1. The standard InChI is InChI=1S/C17H23ClN6O/c1-12(9-15-10-13(2)21-22-15)20-17(25)24-7-5-23(6-8-24)16-4-3-14(18)11-19-16/h3-4,10-12H,5-9H2,1-2H3,(H,20,25)(H,21,22)/t12-/m1/s1. The molecule has 1 fully saturated rings. The number of rotatable bonds is 4. The van der Waals surface area contributed by atoms with Crippen LogP contribution in [0, 0.1) is 6.92 Å². The summed E-state index contributed by atoms with van der Waals surface area (Å²) in [5.41, 5.74) is 1.99. The van der Waals surface area contributed by atoms with E-state index in [0.717, 1.165) is 30.3 Å². The lowest BCUT2D eigenvalue weighted by atomic mass is 10.2. The maximum absolute atomic E-state index is 12.4. The van der Waals surface area contributed by atoms with Gasteiger partial charge in [-0.3, -0.25) is 5.10 Å². The number of urea groups is 1. The van der Waals surface area contributed by atoms with Gasteiger partial charge in [0, 0.05) is 50.5 Å². The predicted molar refractivity (Wildman–Crippen MR) is 98.1 cm³/mol. The highest BCUT2D eigenvalue weighted by Gasteiger charge is 2.23. The monoisotopic (exact) mass is 362 g/mol. The Balaban J connectivity index is 1.47. The zero-order valence-corrected chi connectivity index (χ0v) is 15.3. The van der Waals surface area contributed by atoms with Crippen LogP contribution in [0.2, 0.25) is 5.02 Å². The Labute approximate surface area is 152 Å². The number of amides is 2. The average molecular weight is 363 g/mol. The summed E-state index contributed by atoms with van der Waals surface area (Å²) in [5, 5.41) is 10.8. The molecule has 8 heteroatoms.